The molecule has 0 aliphatic rings. The van der Waals surface area contributed by atoms with E-state index < -0.39 is 49.2 Å². The average Bonchev–Trinajstić information content (AvgIpc) is 2.28. The smallest absolute Gasteiger partial charge is 0.316 e. The van der Waals surface area contributed by atoms with Crippen molar-refractivity contribution in [1.29, 1.82) is 0 Å². The second-order valence-electron chi connectivity index (χ2n) is 3.94. The van der Waals surface area contributed by atoms with Crippen LogP contribution in [-0.4, -0.2) is 9.97 Å². The SMILES string of the molecule is O=c1[nH]c2cc(C(F)(F)F)c(C(F)(F)F)c(I)c2[nH]c1=O. The van der Waals surface area contributed by atoms with Crippen molar-refractivity contribution in [1.82, 2.24) is 9.97 Å². The van der Waals surface area contributed by atoms with E-state index in [4.69, 9.17) is 0 Å². The molecule has 0 bridgehead atoms. The van der Waals surface area contributed by atoms with Crippen molar-refractivity contribution in [2.24, 2.45) is 0 Å². The summed E-state index contributed by atoms with van der Waals surface area (Å²) in [6, 6.07) is 0.150. The van der Waals surface area contributed by atoms with Crippen molar-refractivity contribution >= 4 is 33.6 Å². The Balaban J connectivity index is 3.06. The Morgan fingerprint density at radius 1 is 0.905 bits per heavy atom. The highest BCUT2D eigenvalue weighted by Crippen LogP contribution is 2.44. The zero-order chi connectivity index (χ0) is 16.2. The van der Waals surface area contributed by atoms with Gasteiger partial charge in [0.05, 0.1) is 25.7 Å². The minimum atomic E-state index is -5.28. The maximum Gasteiger partial charge on any atom is 0.418 e. The fourth-order valence-electron chi connectivity index (χ4n) is 1.72. The molecule has 1 heterocycles. The molecule has 0 aliphatic carbocycles. The summed E-state index contributed by atoms with van der Waals surface area (Å²) in [6.45, 7) is 0. The number of H-pyrrole nitrogens is 2. The molecule has 0 saturated heterocycles. The molecule has 2 rings (SSSR count). The second kappa shape index (κ2) is 4.74. The highest BCUT2D eigenvalue weighted by Gasteiger charge is 2.45. The summed E-state index contributed by atoms with van der Waals surface area (Å²) in [5, 5.41) is 0. The average molecular weight is 424 g/mol. The van der Waals surface area contributed by atoms with Crippen LogP contribution in [-0.2, 0) is 12.4 Å². The Labute approximate surface area is 124 Å². The molecule has 2 aromatic rings. The van der Waals surface area contributed by atoms with Gasteiger partial charge >= 0.3 is 23.5 Å². The summed E-state index contributed by atoms with van der Waals surface area (Å²) in [5.74, 6) is 0. The first-order valence-electron chi connectivity index (χ1n) is 5.06. The lowest BCUT2D eigenvalue weighted by Gasteiger charge is -2.18. The monoisotopic (exact) mass is 424 g/mol. The molecule has 4 nitrogen and oxygen atoms in total. The summed E-state index contributed by atoms with van der Waals surface area (Å²) in [6.07, 6.45) is -10.5. The van der Waals surface area contributed by atoms with Crippen LogP contribution in [0.3, 0.4) is 0 Å². The van der Waals surface area contributed by atoms with Crippen molar-refractivity contribution in [2.75, 3.05) is 0 Å². The highest BCUT2D eigenvalue weighted by molar-refractivity contribution is 14.1. The molecule has 0 aliphatic heterocycles. The zero-order valence-electron chi connectivity index (χ0n) is 9.54. The lowest BCUT2D eigenvalue weighted by molar-refractivity contribution is -0.162. The molecule has 11 heteroatoms. The minimum absolute atomic E-state index is 0.150. The first-order valence-corrected chi connectivity index (χ1v) is 6.14. The van der Waals surface area contributed by atoms with Crippen LogP contribution in [0.2, 0.25) is 0 Å². The number of rotatable bonds is 0. The van der Waals surface area contributed by atoms with Gasteiger partial charge in [0.15, 0.2) is 0 Å². The Morgan fingerprint density at radius 3 is 1.90 bits per heavy atom. The van der Waals surface area contributed by atoms with Crippen molar-refractivity contribution in [3.63, 3.8) is 0 Å². The molecular formula is C10H3F6IN2O2. The van der Waals surface area contributed by atoms with Gasteiger partial charge < -0.3 is 9.97 Å². The summed E-state index contributed by atoms with van der Waals surface area (Å²) in [5.41, 5.74) is -7.41. The summed E-state index contributed by atoms with van der Waals surface area (Å²) in [4.78, 5) is 25.9. The Hall–Kier alpha value is -1.53. The lowest BCUT2D eigenvalue weighted by atomic mass is 10.0. The normalized spacial score (nSPS) is 12.9. The first kappa shape index (κ1) is 15.9. The van der Waals surface area contributed by atoms with E-state index in [2.05, 4.69) is 0 Å². The van der Waals surface area contributed by atoms with Crippen LogP contribution in [0.25, 0.3) is 11.0 Å². The summed E-state index contributed by atoms with van der Waals surface area (Å²) < 4.78 is 76.2. The zero-order valence-corrected chi connectivity index (χ0v) is 11.7. The molecule has 0 atom stereocenters. The lowest BCUT2D eigenvalue weighted by Crippen LogP contribution is -2.30. The largest absolute Gasteiger partial charge is 0.418 e. The van der Waals surface area contributed by atoms with Crippen LogP contribution in [0.4, 0.5) is 26.3 Å². The maximum absolute atomic E-state index is 12.9. The van der Waals surface area contributed by atoms with Crippen molar-refractivity contribution in [2.45, 2.75) is 12.4 Å². The number of benzene rings is 1. The van der Waals surface area contributed by atoms with E-state index >= 15 is 0 Å². The number of aromatic nitrogens is 2. The van der Waals surface area contributed by atoms with Gasteiger partial charge in [-0.3, -0.25) is 9.59 Å². The summed E-state index contributed by atoms with van der Waals surface area (Å²) >= 11 is 1.05. The van der Waals surface area contributed by atoms with Gasteiger partial charge in [-0.25, -0.2) is 0 Å². The number of alkyl halides is 6. The predicted octanol–water partition coefficient (Wildman–Crippen LogP) is 2.86. The van der Waals surface area contributed by atoms with Crippen LogP contribution >= 0.6 is 22.6 Å². The number of hydrogen-bond donors (Lipinski definition) is 2. The minimum Gasteiger partial charge on any atom is -0.316 e. The molecule has 1 aromatic carbocycles. The second-order valence-corrected chi connectivity index (χ2v) is 5.02. The van der Waals surface area contributed by atoms with E-state index in [1.54, 1.807) is 0 Å². The van der Waals surface area contributed by atoms with E-state index in [1.165, 1.54) is 0 Å². The van der Waals surface area contributed by atoms with Gasteiger partial charge in [0.25, 0.3) is 0 Å². The van der Waals surface area contributed by atoms with Crippen molar-refractivity contribution < 1.29 is 26.3 Å². The standard InChI is InChI=1S/C10H3F6IN2O2/c11-9(12,13)2-1-3-6(19-8(21)7(20)18-3)5(17)4(2)10(14,15)16/h1H,(H,18,20)(H,19,21). The van der Waals surface area contributed by atoms with Gasteiger partial charge in [0.2, 0.25) is 0 Å². The van der Waals surface area contributed by atoms with Crippen molar-refractivity contribution in [3.8, 4) is 0 Å². The quantitative estimate of drug-likeness (QED) is 0.388. The molecule has 114 valence electrons. The van der Waals surface area contributed by atoms with Crippen LogP contribution in [0, 0.1) is 3.57 Å². The topological polar surface area (TPSA) is 65.7 Å². The molecule has 0 saturated carbocycles. The fraction of sp³-hybridized carbons (Fsp3) is 0.200. The number of aromatic amines is 2. The van der Waals surface area contributed by atoms with E-state index in [0.29, 0.717) is 0 Å². The van der Waals surface area contributed by atoms with Crippen molar-refractivity contribution in [3.05, 3.63) is 41.5 Å². The van der Waals surface area contributed by atoms with Gasteiger partial charge in [-0.1, -0.05) is 0 Å². The maximum atomic E-state index is 12.9. The van der Waals surface area contributed by atoms with Gasteiger partial charge in [-0.15, -0.1) is 0 Å². The molecule has 0 radical (unpaired) electrons. The van der Waals surface area contributed by atoms with Crippen LogP contribution in [0.1, 0.15) is 11.1 Å². The first-order chi connectivity index (χ1) is 9.43. The van der Waals surface area contributed by atoms with Crippen LogP contribution < -0.4 is 11.1 Å². The molecule has 0 spiro atoms. The number of nitrogens with one attached hydrogen (secondary N) is 2. The third-order valence-electron chi connectivity index (χ3n) is 2.55. The molecule has 21 heavy (non-hydrogen) atoms. The Morgan fingerprint density at radius 2 is 1.43 bits per heavy atom. The van der Waals surface area contributed by atoms with Gasteiger partial charge in [-0.2, -0.15) is 26.3 Å². The third kappa shape index (κ3) is 2.78. The molecule has 0 unspecified atom stereocenters. The van der Waals surface area contributed by atoms with Gasteiger partial charge in [0, 0.05) is 0 Å². The molecule has 0 fully saturated rings. The van der Waals surface area contributed by atoms with Crippen LogP contribution in [0.15, 0.2) is 15.7 Å². The molecule has 0 amide bonds. The fourth-order valence-corrected chi connectivity index (χ4v) is 2.74. The Bertz CT molecular complexity index is 833. The van der Waals surface area contributed by atoms with Crippen LogP contribution in [0.5, 0.6) is 0 Å². The van der Waals surface area contributed by atoms with Gasteiger partial charge in [0.1, 0.15) is 0 Å². The predicted molar refractivity (Wildman–Crippen MR) is 67.9 cm³/mol. The van der Waals surface area contributed by atoms with E-state index in [1.807, 2.05) is 9.97 Å². The molecule has 1 aromatic heterocycles. The number of fused-ring (bicyclic) bond motifs is 1. The van der Waals surface area contributed by atoms with E-state index in [-0.39, 0.29) is 6.07 Å². The number of halogens is 7. The van der Waals surface area contributed by atoms with E-state index in [0.717, 1.165) is 22.6 Å². The van der Waals surface area contributed by atoms with E-state index in [9.17, 15) is 35.9 Å². The van der Waals surface area contributed by atoms with Gasteiger partial charge in [-0.05, 0) is 28.7 Å². The highest BCUT2D eigenvalue weighted by atomic mass is 127. The molecular weight excluding hydrogens is 421 g/mol. The third-order valence-corrected chi connectivity index (χ3v) is 3.63. The number of hydrogen-bond acceptors (Lipinski definition) is 2. The summed E-state index contributed by atoms with van der Waals surface area (Å²) in [7, 11) is 0. The molecule has 2 N–H and O–H groups in total. The Kier molecular flexibility index (Phi) is 3.58.